The number of halogens is 2. The van der Waals surface area contributed by atoms with Crippen molar-refractivity contribution in [1.29, 1.82) is 0 Å². The van der Waals surface area contributed by atoms with Crippen LogP contribution in [0, 0.1) is 0 Å². The zero-order chi connectivity index (χ0) is 25.7. The van der Waals surface area contributed by atoms with Crippen molar-refractivity contribution in [3.8, 4) is 17.1 Å². The van der Waals surface area contributed by atoms with Crippen molar-refractivity contribution in [3.63, 3.8) is 0 Å². The number of carbonyl (C=O) groups is 2. The second-order valence-corrected chi connectivity index (χ2v) is 9.67. The Morgan fingerprint density at radius 1 is 1.06 bits per heavy atom. The number of nitrogens with zero attached hydrogens (tertiary/aromatic N) is 2. The molecule has 0 fully saturated rings. The molecular weight excluding hydrogens is 570 g/mol. The van der Waals surface area contributed by atoms with Gasteiger partial charge >= 0.3 is 11.9 Å². The fraction of sp³-hybridized carbons (Fsp3) is 0.0400. The molecule has 0 bridgehead atoms. The molecule has 0 aliphatic rings. The van der Waals surface area contributed by atoms with Gasteiger partial charge < -0.3 is 14.9 Å². The molecule has 0 atom stereocenters. The summed E-state index contributed by atoms with van der Waals surface area (Å²) in [7, 11) is 0. The van der Waals surface area contributed by atoms with Crippen LogP contribution in [-0.2, 0) is 11.4 Å². The highest BCUT2D eigenvalue weighted by molar-refractivity contribution is 9.10. The Morgan fingerprint density at radius 3 is 2.42 bits per heavy atom. The van der Waals surface area contributed by atoms with Crippen LogP contribution in [0.15, 0.2) is 81.3 Å². The van der Waals surface area contributed by atoms with Gasteiger partial charge in [-0.3, -0.25) is 5.10 Å². The number of aliphatic carboxylic acids is 1. The van der Waals surface area contributed by atoms with Crippen molar-refractivity contribution in [1.82, 2.24) is 15.2 Å². The van der Waals surface area contributed by atoms with Crippen LogP contribution in [0.2, 0.25) is 5.02 Å². The molecule has 8 nitrogen and oxygen atoms in total. The average Bonchev–Trinajstić information content (AvgIpc) is 3.32. The molecule has 1 aromatic heterocycles. The molecular formula is C25H17BrClN3O5S. The summed E-state index contributed by atoms with van der Waals surface area (Å²) >= 11 is 10.3. The van der Waals surface area contributed by atoms with E-state index >= 15 is 0 Å². The highest BCUT2D eigenvalue weighted by atomic mass is 79.9. The number of rotatable bonds is 9. The van der Waals surface area contributed by atoms with E-state index in [4.69, 9.17) is 21.4 Å². The first-order chi connectivity index (χ1) is 17.3. The van der Waals surface area contributed by atoms with Crippen molar-refractivity contribution < 1.29 is 24.5 Å². The van der Waals surface area contributed by atoms with E-state index in [-0.39, 0.29) is 22.2 Å². The van der Waals surface area contributed by atoms with E-state index in [1.807, 2.05) is 0 Å². The third-order valence-corrected chi connectivity index (χ3v) is 6.59. The average molecular weight is 587 g/mol. The van der Waals surface area contributed by atoms with E-state index in [1.54, 1.807) is 54.6 Å². The fourth-order valence-electron chi connectivity index (χ4n) is 3.04. The lowest BCUT2D eigenvalue weighted by Crippen LogP contribution is -1.99. The number of ether oxygens (including phenoxy) is 1. The van der Waals surface area contributed by atoms with Crippen LogP contribution < -0.4 is 4.74 Å². The molecule has 0 unspecified atom stereocenters. The van der Waals surface area contributed by atoms with Gasteiger partial charge in [0.2, 0.25) is 5.16 Å². The lowest BCUT2D eigenvalue weighted by molar-refractivity contribution is -0.131. The van der Waals surface area contributed by atoms with E-state index in [0.717, 1.165) is 22.9 Å². The summed E-state index contributed by atoms with van der Waals surface area (Å²) in [6.07, 6.45) is 1.52. The summed E-state index contributed by atoms with van der Waals surface area (Å²) in [4.78, 5) is 27.2. The Balaban J connectivity index is 1.45. The molecule has 0 spiro atoms. The molecule has 3 N–H and O–H groups in total. The smallest absolute Gasteiger partial charge is 0.342 e. The maximum absolute atomic E-state index is 11.9. The van der Waals surface area contributed by atoms with Gasteiger partial charge in [-0.2, -0.15) is 0 Å². The van der Waals surface area contributed by atoms with Crippen molar-refractivity contribution in [2.75, 3.05) is 0 Å². The molecule has 182 valence electrons. The molecule has 0 radical (unpaired) electrons. The topological polar surface area (TPSA) is 125 Å². The highest BCUT2D eigenvalue weighted by Gasteiger charge is 2.15. The lowest BCUT2D eigenvalue weighted by Gasteiger charge is -2.09. The third kappa shape index (κ3) is 6.54. The zero-order valence-electron chi connectivity index (χ0n) is 18.3. The van der Waals surface area contributed by atoms with Crippen molar-refractivity contribution in [2.24, 2.45) is 0 Å². The van der Waals surface area contributed by atoms with Gasteiger partial charge in [-0.25, -0.2) is 14.6 Å². The Bertz CT molecular complexity index is 1440. The fourth-order valence-corrected chi connectivity index (χ4v) is 4.39. The second-order valence-electron chi connectivity index (χ2n) is 7.37. The van der Waals surface area contributed by atoms with Gasteiger partial charge in [-0.15, -0.1) is 5.10 Å². The van der Waals surface area contributed by atoms with Gasteiger partial charge in [-0.1, -0.05) is 29.8 Å². The van der Waals surface area contributed by atoms with E-state index in [9.17, 15) is 14.7 Å². The van der Waals surface area contributed by atoms with Crippen molar-refractivity contribution >= 4 is 57.3 Å². The Hall–Kier alpha value is -3.60. The number of thioether (sulfide) groups is 1. The number of aromatic carboxylic acids is 1. The summed E-state index contributed by atoms with van der Waals surface area (Å²) in [6.45, 7) is 0.241. The van der Waals surface area contributed by atoms with Crippen LogP contribution in [0.1, 0.15) is 21.5 Å². The molecule has 36 heavy (non-hydrogen) atoms. The maximum atomic E-state index is 11.9. The summed E-state index contributed by atoms with van der Waals surface area (Å²) in [5.41, 5.74) is 2.43. The van der Waals surface area contributed by atoms with Gasteiger partial charge in [0.1, 0.15) is 17.3 Å². The molecule has 0 amide bonds. The molecule has 4 aromatic rings. The number of carboxylic acids is 2. The van der Waals surface area contributed by atoms with Gasteiger partial charge in [0, 0.05) is 10.6 Å². The van der Waals surface area contributed by atoms with Gasteiger partial charge in [0.15, 0.2) is 5.82 Å². The van der Waals surface area contributed by atoms with Crippen LogP contribution in [0.4, 0.5) is 0 Å². The van der Waals surface area contributed by atoms with Crippen LogP contribution in [0.5, 0.6) is 5.75 Å². The highest BCUT2D eigenvalue weighted by Crippen LogP contribution is 2.31. The first-order valence-electron chi connectivity index (χ1n) is 10.3. The van der Waals surface area contributed by atoms with Gasteiger partial charge in [0.05, 0.1) is 10.0 Å². The zero-order valence-corrected chi connectivity index (χ0v) is 21.5. The van der Waals surface area contributed by atoms with Crippen LogP contribution in [0.3, 0.4) is 0 Å². The molecule has 4 rings (SSSR count). The first kappa shape index (κ1) is 25.5. The van der Waals surface area contributed by atoms with E-state index in [2.05, 4.69) is 31.1 Å². The normalized spacial score (nSPS) is 11.3. The van der Waals surface area contributed by atoms with Gasteiger partial charge in [0.25, 0.3) is 0 Å². The molecule has 1 heterocycles. The number of hydrogen-bond donors (Lipinski definition) is 3. The molecule has 11 heteroatoms. The van der Waals surface area contributed by atoms with E-state index in [0.29, 0.717) is 26.6 Å². The summed E-state index contributed by atoms with van der Waals surface area (Å²) in [6, 6.07) is 18.6. The Morgan fingerprint density at radius 2 is 1.78 bits per heavy atom. The predicted octanol–water partition coefficient (Wildman–Crippen LogP) is 6.38. The largest absolute Gasteiger partial charge is 0.488 e. The number of benzene rings is 3. The summed E-state index contributed by atoms with van der Waals surface area (Å²) in [5.74, 6) is -1.04. The summed E-state index contributed by atoms with van der Waals surface area (Å²) < 4.78 is 6.44. The van der Waals surface area contributed by atoms with Crippen LogP contribution in [0.25, 0.3) is 17.5 Å². The van der Waals surface area contributed by atoms with Crippen LogP contribution >= 0.6 is 39.3 Å². The number of nitrogens with one attached hydrogen (secondary N) is 1. The molecule has 0 aliphatic heterocycles. The minimum absolute atomic E-state index is 0.0377. The number of hydrogen-bond acceptors (Lipinski definition) is 6. The lowest BCUT2D eigenvalue weighted by atomic mass is 10.1. The van der Waals surface area contributed by atoms with Crippen LogP contribution in [-0.4, -0.2) is 37.3 Å². The van der Waals surface area contributed by atoms with E-state index in [1.165, 1.54) is 18.2 Å². The number of aromatic nitrogens is 3. The molecule has 0 saturated heterocycles. The quantitative estimate of drug-likeness (QED) is 0.152. The van der Waals surface area contributed by atoms with Crippen molar-refractivity contribution in [2.45, 2.75) is 11.8 Å². The first-order valence-corrected chi connectivity index (χ1v) is 12.3. The minimum atomic E-state index is -1.11. The monoisotopic (exact) mass is 585 g/mol. The molecule has 3 aromatic carbocycles. The summed E-state index contributed by atoms with van der Waals surface area (Å²) in [5, 5.41) is 26.5. The van der Waals surface area contributed by atoms with Gasteiger partial charge in [-0.05, 0) is 93.4 Å². The second kappa shape index (κ2) is 11.4. The SMILES string of the molecule is O=C(O)/C(=C/c1ccc(OCc2ccc(C(=O)O)cc2)c(Br)c1)Sc1n[nH]c(-c2ccc(Cl)cc2)n1. The van der Waals surface area contributed by atoms with E-state index < -0.39 is 11.9 Å². The number of carboxylic acid groups (broad SMARTS) is 2. The maximum Gasteiger partial charge on any atom is 0.342 e. The Kier molecular flexibility index (Phi) is 8.09. The number of aromatic amines is 1. The minimum Gasteiger partial charge on any atom is -0.488 e. The number of H-pyrrole nitrogens is 1. The van der Waals surface area contributed by atoms with Crippen molar-refractivity contribution in [3.05, 3.63) is 97.8 Å². The third-order valence-electron chi connectivity index (χ3n) is 4.84. The Labute approximate surface area is 223 Å². The molecule has 0 aliphatic carbocycles. The predicted molar refractivity (Wildman–Crippen MR) is 140 cm³/mol. The molecule has 0 saturated carbocycles. The standard InChI is InChI=1S/C25H17BrClN3O5S/c26-19-11-15(3-10-20(19)35-13-14-1-4-17(5-2-14)23(31)32)12-21(24(33)34)36-25-28-22(29-30-25)16-6-8-18(27)9-7-16/h1-12H,13H2,(H,31,32)(H,33,34)(H,28,29,30)/b21-12-.